The quantitative estimate of drug-likeness (QED) is 0.309. The molecule has 0 aromatic rings. The van der Waals surface area contributed by atoms with E-state index in [4.69, 9.17) is 9.84 Å². The highest BCUT2D eigenvalue weighted by atomic mass is 16.6. The average Bonchev–Trinajstić information content (AvgIpc) is 2.54. The highest BCUT2D eigenvalue weighted by Crippen LogP contribution is 2.10. The van der Waals surface area contributed by atoms with Crippen molar-refractivity contribution in [3.8, 4) is 0 Å². The fourth-order valence-corrected chi connectivity index (χ4v) is 2.46. The number of likely N-dealkylation sites (N-methyl/N-ethyl adjacent to an activating group) is 1. The van der Waals surface area contributed by atoms with Crippen molar-refractivity contribution in [3.05, 3.63) is 0 Å². The molecule has 0 aromatic heterocycles. The van der Waals surface area contributed by atoms with Crippen molar-refractivity contribution in [2.24, 2.45) is 4.99 Å². The van der Waals surface area contributed by atoms with Gasteiger partial charge in [0.05, 0.1) is 0 Å². The standard InChI is InChI=1S/C20H37N3O5/c1-6-7-8-9-10-11-12-13-14-16(24)21-18(23(5)15-17(25)26)22-19(27)28-20(2,3)4/h6-15H2,1-5H3,(H,25,26)(H,21,22,24,27). The van der Waals surface area contributed by atoms with Gasteiger partial charge in [0.2, 0.25) is 11.9 Å². The lowest BCUT2D eigenvalue weighted by atomic mass is 10.1. The van der Waals surface area contributed by atoms with Crippen LogP contribution in [0.2, 0.25) is 0 Å². The summed E-state index contributed by atoms with van der Waals surface area (Å²) in [6.07, 6.45) is 8.36. The lowest BCUT2D eigenvalue weighted by Crippen LogP contribution is -2.45. The summed E-state index contributed by atoms with van der Waals surface area (Å²) in [7, 11) is 1.44. The predicted molar refractivity (Wildman–Crippen MR) is 109 cm³/mol. The van der Waals surface area contributed by atoms with E-state index in [2.05, 4.69) is 17.2 Å². The van der Waals surface area contributed by atoms with Gasteiger partial charge in [-0.05, 0) is 27.2 Å². The molecule has 162 valence electrons. The molecule has 0 spiro atoms. The van der Waals surface area contributed by atoms with Crippen molar-refractivity contribution >= 4 is 23.9 Å². The van der Waals surface area contributed by atoms with E-state index in [1.165, 1.54) is 44.1 Å². The van der Waals surface area contributed by atoms with E-state index in [0.717, 1.165) is 19.3 Å². The molecule has 0 aliphatic carbocycles. The molecule has 2 N–H and O–H groups in total. The van der Waals surface area contributed by atoms with Gasteiger partial charge in [0.25, 0.3) is 0 Å². The molecular weight excluding hydrogens is 362 g/mol. The summed E-state index contributed by atoms with van der Waals surface area (Å²) in [6.45, 7) is 6.87. The number of aliphatic carboxylic acids is 1. The Morgan fingerprint density at radius 1 is 1.00 bits per heavy atom. The van der Waals surface area contributed by atoms with Crippen LogP contribution >= 0.6 is 0 Å². The molecule has 8 nitrogen and oxygen atoms in total. The minimum Gasteiger partial charge on any atom is -0.480 e. The number of carbonyl (C=O) groups is 3. The Bertz CT molecular complexity index is 526. The van der Waals surface area contributed by atoms with E-state index < -0.39 is 24.2 Å². The van der Waals surface area contributed by atoms with Crippen LogP contribution in [-0.2, 0) is 14.3 Å². The molecule has 0 unspecified atom stereocenters. The monoisotopic (exact) mass is 399 g/mol. The predicted octanol–water partition coefficient (Wildman–Crippen LogP) is 3.94. The van der Waals surface area contributed by atoms with Crippen LogP contribution in [0.25, 0.3) is 0 Å². The molecule has 0 bridgehead atoms. The van der Waals surface area contributed by atoms with Gasteiger partial charge >= 0.3 is 12.1 Å². The number of unbranched alkanes of at least 4 members (excludes halogenated alkanes) is 7. The van der Waals surface area contributed by atoms with E-state index in [9.17, 15) is 14.4 Å². The van der Waals surface area contributed by atoms with Gasteiger partial charge in [0.1, 0.15) is 12.1 Å². The lowest BCUT2D eigenvalue weighted by Gasteiger charge is -2.21. The molecule has 0 radical (unpaired) electrons. The fraction of sp³-hybridized carbons (Fsp3) is 0.800. The van der Waals surface area contributed by atoms with Crippen molar-refractivity contribution in [2.45, 2.75) is 91.1 Å². The molecule has 0 aliphatic rings. The zero-order chi connectivity index (χ0) is 21.6. The summed E-state index contributed by atoms with van der Waals surface area (Å²) in [5.41, 5.74) is -0.738. The fourth-order valence-electron chi connectivity index (χ4n) is 2.46. The first-order chi connectivity index (χ1) is 13.0. The van der Waals surface area contributed by atoms with Crippen molar-refractivity contribution < 1.29 is 24.2 Å². The number of hydrogen-bond acceptors (Lipinski definition) is 4. The second-order valence-electron chi connectivity index (χ2n) is 7.94. The van der Waals surface area contributed by atoms with Crippen molar-refractivity contribution in [1.82, 2.24) is 10.2 Å². The number of nitrogens with one attached hydrogen (secondary N) is 1. The Balaban J connectivity index is 4.54. The van der Waals surface area contributed by atoms with Gasteiger partial charge in [-0.25, -0.2) is 4.79 Å². The molecule has 0 saturated carbocycles. The smallest absolute Gasteiger partial charge is 0.437 e. The molecule has 8 heteroatoms. The number of amides is 2. The summed E-state index contributed by atoms with van der Waals surface area (Å²) in [5.74, 6) is -1.52. The highest BCUT2D eigenvalue weighted by Gasteiger charge is 2.19. The minimum atomic E-state index is -1.10. The van der Waals surface area contributed by atoms with Gasteiger partial charge < -0.3 is 14.7 Å². The third-order valence-electron chi connectivity index (χ3n) is 3.83. The topological polar surface area (TPSA) is 108 Å². The SMILES string of the molecule is CCCCCCCCCCC(=O)N/C(=N/C(=O)OC(C)(C)C)N(C)CC(=O)O. The molecule has 0 fully saturated rings. The number of carbonyl (C=O) groups excluding carboxylic acids is 2. The Labute approximate surface area is 168 Å². The maximum atomic E-state index is 12.2. The summed E-state index contributed by atoms with van der Waals surface area (Å²) < 4.78 is 5.11. The normalized spacial score (nSPS) is 11.8. The molecule has 0 rings (SSSR count). The number of aliphatic imine (C=N–C) groups is 1. The second-order valence-corrected chi connectivity index (χ2v) is 7.94. The van der Waals surface area contributed by atoms with Crippen LogP contribution < -0.4 is 5.32 Å². The Morgan fingerprint density at radius 2 is 1.54 bits per heavy atom. The first-order valence-corrected chi connectivity index (χ1v) is 10.1. The van der Waals surface area contributed by atoms with Crippen LogP contribution in [0.15, 0.2) is 4.99 Å². The van der Waals surface area contributed by atoms with Crippen LogP contribution in [0.1, 0.15) is 85.5 Å². The minimum absolute atomic E-state index is 0.124. The summed E-state index contributed by atoms with van der Waals surface area (Å²) >= 11 is 0. The molecule has 0 atom stereocenters. The number of ether oxygens (including phenoxy) is 1. The molecular formula is C20H37N3O5. The van der Waals surface area contributed by atoms with Crippen LogP contribution in [0.3, 0.4) is 0 Å². The van der Waals surface area contributed by atoms with Gasteiger partial charge in [-0.15, -0.1) is 4.99 Å². The van der Waals surface area contributed by atoms with Gasteiger partial charge in [0.15, 0.2) is 0 Å². The van der Waals surface area contributed by atoms with Crippen LogP contribution in [-0.4, -0.2) is 53.1 Å². The number of guanidine groups is 1. The third kappa shape index (κ3) is 15.0. The highest BCUT2D eigenvalue weighted by molar-refractivity contribution is 6.01. The van der Waals surface area contributed by atoms with Gasteiger partial charge in [-0.2, -0.15) is 0 Å². The maximum absolute atomic E-state index is 12.2. The summed E-state index contributed by atoms with van der Waals surface area (Å²) in [4.78, 5) is 39.9. The largest absolute Gasteiger partial charge is 0.480 e. The van der Waals surface area contributed by atoms with Crippen molar-refractivity contribution in [2.75, 3.05) is 13.6 Å². The molecule has 0 heterocycles. The maximum Gasteiger partial charge on any atom is 0.437 e. The Morgan fingerprint density at radius 3 is 2.04 bits per heavy atom. The first-order valence-electron chi connectivity index (χ1n) is 10.1. The van der Waals surface area contributed by atoms with Crippen molar-refractivity contribution in [1.29, 1.82) is 0 Å². The van der Waals surface area contributed by atoms with Gasteiger partial charge in [-0.1, -0.05) is 51.9 Å². The third-order valence-corrected chi connectivity index (χ3v) is 3.83. The molecule has 2 amide bonds. The first kappa shape index (κ1) is 25.9. The molecule has 28 heavy (non-hydrogen) atoms. The van der Waals surface area contributed by atoms with E-state index in [0.29, 0.717) is 6.42 Å². The number of carboxylic acid groups (broad SMARTS) is 1. The molecule has 0 saturated heterocycles. The second kappa shape index (κ2) is 14.0. The van der Waals surface area contributed by atoms with E-state index in [1.807, 2.05) is 0 Å². The van der Waals surface area contributed by atoms with Crippen LogP contribution in [0, 0.1) is 0 Å². The van der Waals surface area contributed by atoms with E-state index in [1.54, 1.807) is 20.8 Å². The average molecular weight is 400 g/mol. The van der Waals surface area contributed by atoms with Gasteiger partial charge in [-0.3, -0.25) is 14.9 Å². The molecule has 0 aliphatic heterocycles. The van der Waals surface area contributed by atoms with E-state index >= 15 is 0 Å². The Hall–Kier alpha value is -2.12. The zero-order valence-corrected chi connectivity index (χ0v) is 18.0. The molecule has 0 aromatic carbocycles. The Kier molecular flexibility index (Phi) is 12.9. The van der Waals surface area contributed by atoms with Gasteiger partial charge in [0, 0.05) is 13.5 Å². The van der Waals surface area contributed by atoms with E-state index in [-0.39, 0.29) is 11.9 Å². The van der Waals surface area contributed by atoms with Crippen molar-refractivity contribution in [3.63, 3.8) is 0 Å². The number of carboxylic acids is 1. The summed E-state index contributed by atoms with van der Waals surface area (Å²) in [5, 5.41) is 11.5. The zero-order valence-electron chi connectivity index (χ0n) is 18.0. The number of hydrogen-bond donors (Lipinski definition) is 2. The van der Waals surface area contributed by atoms with Crippen LogP contribution in [0.5, 0.6) is 0 Å². The number of rotatable bonds is 11. The number of nitrogens with zero attached hydrogens (tertiary/aromatic N) is 2. The summed E-state index contributed by atoms with van der Waals surface area (Å²) in [6, 6.07) is 0. The lowest BCUT2D eigenvalue weighted by molar-refractivity contribution is -0.137. The van der Waals surface area contributed by atoms with Crippen LogP contribution in [0.4, 0.5) is 4.79 Å².